The van der Waals surface area contributed by atoms with Gasteiger partial charge in [-0.2, -0.15) is 5.10 Å². The van der Waals surface area contributed by atoms with Crippen molar-refractivity contribution in [1.29, 1.82) is 0 Å². The molecule has 1 N–H and O–H groups in total. The Bertz CT molecular complexity index is 819. The Morgan fingerprint density at radius 1 is 1.22 bits per heavy atom. The van der Waals surface area contributed by atoms with Crippen LogP contribution in [0.1, 0.15) is 37.1 Å². The highest BCUT2D eigenvalue weighted by atomic mass is 16.2. The third kappa shape index (κ3) is 4.02. The van der Waals surface area contributed by atoms with Crippen LogP contribution in [-0.4, -0.2) is 44.6 Å². The fourth-order valence-corrected chi connectivity index (χ4v) is 3.79. The van der Waals surface area contributed by atoms with Crippen molar-refractivity contribution < 1.29 is 9.59 Å². The lowest BCUT2D eigenvalue weighted by molar-refractivity contribution is -0.136. The van der Waals surface area contributed by atoms with Crippen LogP contribution in [-0.2, 0) is 22.6 Å². The highest BCUT2D eigenvalue weighted by molar-refractivity contribution is 5.82. The van der Waals surface area contributed by atoms with Crippen molar-refractivity contribution in [3.05, 3.63) is 48.0 Å². The van der Waals surface area contributed by atoms with E-state index >= 15 is 0 Å². The van der Waals surface area contributed by atoms with E-state index in [1.54, 1.807) is 18.6 Å². The van der Waals surface area contributed by atoms with Crippen molar-refractivity contribution in [3.8, 4) is 0 Å². The monoisotopic (exact) mass is 367 g/mol. The summed E-state index contributed by atoms with van der Waals surface area (Å²) in [6.45, 7) is 3.84. The largest absolute Gasteiger partial charge is 0.356 e. The van der Waals surface area contributed by atoms with Crippen LogP contribution in [0.2, 0.25) is 0 Å². The molecule has 2 aromatic rings. The third-order valence-electron chi connectivity index (χ3n) is 5.53. The number of nitrogens with one attached hydrogen (secondary N) is 1. The molecule has 1 aliphatic heterocycles. The van der Waals surface area contributed by atoms with Crippen molar-refractivity contribution in [3.63, 3.8) is 0 Å². The average molecular weight is 367 g/mol. The summed E-state index contributed by atoms with van der Waals surface area (Å²) in [6, 6.07) is 5.73. The van der Waals surface area contributed by atoms with Gasteiger partial charge in [-0.25, -0.2) is 0 Å². The zero-order chi connectivity index (χ0) is 18.8. The van der Waals surface area contributed by atoms with Gasteiger partial charge in [0, 0.05) is 37.6 Å². The third-order valence-corrected chi connectivity index (χ3v) is 5.53. The second-order valence-electron chi connectivity index (χ2n) is 7.62. The van der Waals surface area contributed by atoms with E-state index in [-0.39, 0.29) is 23.8 Å². The van der Waals surface area contributed by atoms with Crippen molar-refractivity contribution in [1.82, 2.24) is 25.0 Å². The summed E-state index contributed by atoms with van der Waals surface area (Å²) in [5, 5.41) is 7.36. The van der Waals surface area contributed by atoms with Gasteiger partial charge in [0.2, 0.25) is 11.8 Å². The van der Waals surface area contributed by atoms with Gasteiger partial charge in [0.25, 0.3) is 0 Å². The lowest BCUT2D eigenvalue weighted by Crippen LogP contribution is -2.43. The topological polar surface area (TPSA) is 80.1 Å². The number of fused-ring (bicyclic) bond motifs is 1. The van der Waals surface area contributed by atoms with Gasteiger partial charge in [0.1, 0.15) is 0 Å². The summed E-state index contributed by atoms with van der Waals surface area (Å²) >= 11 is 0. The van der Waals surface area contributed by atoms with Crippen molar-refractivity contribution in [2.45, 2.75) is 38.8 Å². The SMILES string of the molecule is C[C@@H]1C[C@H]1C(=O)N1Cc2ccnn2[C@@H](CC(=O)NCCc2ccncc2)C1. The number of rotatable bonds is 6. The molecule has 142 valence electrons. The van der Waals surface area contributed by atoms with Crippen LogP contribution < -0.4 is 5.32 Å². The molecule has 2 aliphatic rings. The van der Waals surface area contributed by atoms with E-state index in [0.29, 0.717) is 32.0 Å². The van der Waals surface area contributed by atoms with Gasteiger partial charge >= 0.3 is 0 Å². The number of hydrogen-bond acceptors (Lipinski definition) is 4. The van der Waals surface area contributed by atoms with Crippen molar-refractivity contribution in [2.24, 2.45) is 11.8 Å². The smallest absolute Gasteiger partial charge is 0.226 e. The molecule has 0 radical (unpaired) electrons. The molecule has 3 atom stereocenters. The fraction of sp³-hybridized carbons (Fsp3) is 0.500. The van der Waals surface area contributed by atoms with Gasteiger partial charge in [-0.1, -0.05) is 6.92 Å². The summed E-state index contributed by atoms with van der Waals surface area (Å²) in [5.41, 5.74) is 2.14. The maximum Gasteiger partial charge on any atom is 0.226 e. The molecule has 0 spiro atoms. The highest BCUT2D eigenvalue weighted by Gasteiger charge is 2.43. The molecule has 7 nitrogen and oxygen atoms in total. The highest BCUT2D eigenvalue weighted by Crippen LogP contribution is 2.40. The maximum absolute atomic E-state index is 12.7. The molecule has 2 amide bonds. The standard InChI is InChI=1S/C20H25N5O2/c1-14-10-18(14)20(27)24-12-16-5-9-23-25(16)17(13-24)11-19(26)22-8-4-15-2-6-21-7-3-15/h2-3,5-7,9,14,17-18H,4,8,10-13H2,1H3,(H,22,26)/t14-,17+,18-/m1/s1. The number of carbonyl (C=O) groups is 2. The number of amides is 2. The molecule has 1 saturated carbocycles. The number of nitrogens with zero attached hydrogens (tertiary/aromatic N) is 4. The minimum Gasteiger partial charge on any atom is -0.356 e. The van der Waals surface area contributed by atoms with Crippen molar-refractivity contribution in [2.75, 3.05) is 13.1 Å². The first-order chi connectivity index (χ1) is 13.1. The van der Waals surface area contributed by atoms with Crippen LogP contribution in [0.5, 0.6) is 0 Å². The maximum atomic E-state index is 12.7. The molecule has 1 fully saturated rings. The average Bonchev–Trinajstić information content (AvgIpc) is 3.20. The Labute approximate surface area is 158 Å². The quantitative estimate of drug-likeness (QED) is 0.840. The van der Waals surface area contributed by atoms with Crippen LogP contribution in [0.15, 0.2) is 36.8 Å². The van der Waals surface area contributed by atoms with Crippen LogP contribution in [0, 0.1) is 11.8 Å². The zero-order valence-electron chi connectivity index (χ0n) is 15.5. The Morgan fingerprint density at radius 3 is 2.74 bits per heavy atom. The van der Waals surface area contributed by atoms with E-state index in [1.165, 1.54) is 0 Å². The fourth-order valence-electron chi connectivity index (χ4n) is 3.79. The van der Waals surface area contributed by atoms with Crippen LogP contribution in [0.3, 0.4) is 0 Å². The molecule has 0 saturated heterocycles. The van der Waals surface area contributed by atoms with E-state index in [4.69, 9.17) is 0 Å². The summed E-state index contributed by atoms with van der Waals surface area (Å²) in [7, 11) is 0. The normalized spacial score (nSPS) is 23.6. The lowest BCUT2D eigenvalue weighted by Gasteiger charge is -2.34. The minimum absolute atomic E-state index is 0.00963. The van der Waals surface area contributed by atoms with Crippen LogP contribution in [0.4, 0.5) is 0 Å². The summed E-state index contributed by atoms with van der Waals surface area (Å²) in [6.07, 6.45) is 7.34. The number of hydrogen-bond donors (Lipinski definition) is 1. The zero-order valence-corrected chi connectivity index (χ0v) is 15.5. The van der Waals surface area contributed by atoms with E-state index in [0.717, 1.165) is 24.1 Å². The predicted octanol–water partition coefficient (Wildman–Crippen LogP) is 1.57. The first-order valence-corrected chi connectivity index (χ1v) is 9.58. The first-order valence-electron chi connectivity index (χ1n) is 9.58. The molecule has 0 unspecified atom stereocenters. The van der Waals surface area contributed by atoms with Gasteiger partial charge < -0.3 is 10.2 Å². The van der Waals surface area contributed by atoms with E-state index < -0.39 is 0 Å². The van der Waals surface area contributed by atoms with Crippen LogP contribution >= 0.6 is 0 Å². The molecule has 27 heavy (non-hydrogen) atoms. The Morgan fingerprint density at radius 2 is 2.00 bits per heavy atom. The van der Waals surface area contributed by atoms with Gasteiger partial charge in [0.15, 0.2) is 0 Å². The molecule has 1 aliphatic carbocycles. The number of aromatic nitrogens is 3. The van der Waals surface area contributed by atoms with Crippen LogP contribution in [0.25, 0.3) is 0 Å². The summed E-state index contributed by atoms with van der Waals surface area (Å²) in [5.74, 6) is 0.858. The second kappa shape index (κ2) is 7.50. The first kappa shape index (κ1) is 17.7. The predicted molar refractivity (Wildman–Crippen MR) is 99.5 cm³/mol. The Balaban J connectivity index is 1.34. The molecule has 7 heteroatoms. The van der Waals surface area contributed by atoms with Gasteiger partial charge in [-0.15, -0.1) is 0 Å². The molecular formula is C20H25N5O2. The number of pyridine rings is 1. The summed E-state index contributed by atoms with van der Waals surface area (Å²) in [4.78, 5) is 31.0. The molecule has 2 aromatic heterocycles. The van der Waals surface area contributed by atoms with E-state index in [9.17, 15) is 9.59 Å². The molecule has 4 rings (SSSR count). The molecule has 3 heterocycles. The molecular weight excluding hydrogens is 342 g/mol. The second-order valence-corrected chi connectivity index (χ2v) is 7.62. The Hall–Kier alpha value is -2.70. The summed E-state index contributed by atoms with van der Waals surface area (Å²) < 4.78 is 1.91. The van der Waals surface area contributed by atoms with Gasteiger partial charge in [-0.3, -0.25) is 19.3 Å². The van der Waals surface area contributed by atoms with E-state index in [1.807, 2.05) is 27.8 Å². The molecule has 0 aromatic carbocycles. The lowest BCUT2D eigenvalue weighted by atomic mass is 10.1. The molecule has 0 bridgehead atoms. The Kier molecular flexibility index (Phi) is 4.92. The van der Waals surface area contributed by atoms with E-state index in [2.05, 4.69) is 22.3 Å². The van der Waals surface area contributed by atoms with Gasteiger partial charge in [0.05, 0.1) is 24.7 Å². The number of carbonyl (C=O) groups excluding carboxylic acids is 2. The van der Waals surface area contributed by atoms with Crippen molar-refractivity contribution >= 4 is 11.8 Å². The minimum atomic E-state index is -0.109. The van der Waals surface area contributed by atoms with Gasteiger partial charge in [-0.05, 0) is 42.5 Å².